The first-order valence-corrected chi connectivity index (χ1v) is 6.32. The molecule has 0 amide bonds. The fourth-order valence-electron chi connectivity index (χ4n) is 1.97. The predicted octanol–water partition coefficient (Wildman–Crippen LogP) is 4.48. The molecule has 2 aromatic rings. The first kappa shape index (κ1) is 13.7. The van der Waals surface area contributed by atoms with Crippen LogP contribution in [-0.2, 0) is 6.54 Å². The molecule has 2 rings (SSSR count). The quantitative estimate of drug-likeness (QED) is 0.837. The van der Waals surface area contributed by atoms with E-state index in [2.05, 4.69) is 12.2 Å². The molecule has 1 N–H and O–H groups in total. The van der Waals surface area contributed by atoms with Crippen molar-refractivity contribution in [1.82, 2.24) is 5.32 Å². The molecular weight excluding hydrogens is 244 g/mol. The summed E-state index contributed by atoms with van der Waals surface area (Å²) in [6.45, 7) is 2.64. The van der Waals surface area contributed by atoms with E-state index in [1.807, 2.05) is 36.4 Å². The molecule has 0 bridgehead atoms. The lowest BCUT2D eigenvalue weighted by Crippen LogP contribution is -2.18. The molecule has 0 aromatic heterocycles. The van der Waals surface area contributed by atoms with Crippen molar-refractivity contribution in [3.63, 3.8) is 0 Å². The molecule has 0 radical (unpaired) electrons. The van der Waals surface area contributed by atoms with E-state index in [1.165, 1.54) is 11.6 Å². The Bertz CT molecular complexity index is 511. The average molecular weight is 261 g/mol. The van der Waals surface area contributed by atoms with E-state index >= 15 is 0 Å². The smallest absolute Gasteiger partial charge is 0.263 e. The Balaban J connectivity index is 1.97. The van der Waals surface area contributed by atoms with E-state index in [4.69, 9.17) is 0 Å². The Morgan fingerprint density at radius 1 is 0.947 bits per heavy atom. The topological polar surface area (TPSA) is 12.0 Å². The molecule has 0 fully saturated rings. The maximum absolute atomic E-state index is 12.6. The number of alkyl halides is 2. The molecule has 0 heterocycles. The Morgan fingerprint density at radius 2 is 1.63 bits per heavy atom. The van der Waals surface area contributed by atoms with Crippen molar-refractivity contribution < 1.29 is 8.78 Å². The summed E-state index contributed by atoms with van der Waals surface area (Å²) in [5.41, 5.74) is 2.14. The maximum atomic E-state index is 12.6. The summed E-state index contributed by atoms with van der Waals surface area (Å²) in [5.74, 6) is 0. The number of nitrogens with one attached hydrogen (secondary N) is 1. The molecule has 19 heavy (non-hydrogen) atoms. The zero-order chi connectivity index (χ0) is 13.7. The number of benzene rings is 2. The summed E-state index contributed by atoms with van der Waals surface area (Å²) in [6, 6.07) is 16.8. The van der Waals surface area contributed by atoms with Crippen LogP contribution in [0.5, 0.6) is 0 Å². The van der Waals surface area contributed by atoms with Crippen molar-refractivity contribution in [2.24, 2.45) is 0 Å². The fraction of sp³-hybridized carbons (Fsp3) is 0.250. The van der Waals surface area contributed by atoms with Crippen LogP contribution in [0.3, 0.4) is 0 Å². The summed E-state index contributed by atoms with van der Waals surface area (Å²) in [5, 5.41) is 3.34. The normalized spacial score (nSPS) is 12.6. The molecule has 0 aliphatic rings. The Morgan fingerprint density at radius 3 is 2.32 bits per heavy atom. The molecule has 3 heteroatoms. The van der Waals surface area contributed by atoms with Crippen molar-refractivity contribution in [3.05, 3.63) is 71.3 Å². The highest BCUT2D eigenvalue weighted by Crippen LogP contribution is 2.20. The number of rotatable bonds is 5. The standard InChI is InChI=1S/C16H17F2N/c1-12(14-7-3-2-4-8-14)19-11-13-6-5-9-15(10-13)16(17)18/h2-10,12,16,19H,11H2,1H3/t12-/m0/s1. The lowest BCUT2D eigenvalue weighted by Gasteiger charge is -2.14. The minimum atomic E-state index is -2.41. The summed E-state index contributed by atoms with van der Waals surface area (Å²) in [6.07, 6.45) is -2.41. The lowest BCUT2D eigenvalue weighted by atomic mass is 10.1. The molecule has 0 saturated heterocycles. The fourth-order valence-corrected chi connectivity index (χ4v) is 1.97. The number of hydrogen-bond acceptors (Lipinski definition) is 1. The van der Waals surface area contributed by atoms with Crippen LogP contribution in [-0.4, -0.2) is 0 Å². The van der Waals surface area contributed by atoms with Crippen LogP contribution in [0.15, 0.2) is 54.6 Å². The zero-order valence-electron chi connectivity index (χ0n) is 10.8. The van der Waals surface area contributed by atoms with Gasteiger partial charge in [0.15, 0.2) is 0 Å². The van der Waals surface area contributed by atoms with Gasteiger partial charge in [-0.25, -0.2) is 8.78 Å². The van der Waals surface area contributed by atoms with Gasteiger partial charge in [-0.1, -0.05) is 48.5 Å². The SMILES string of the molecule is C[C@H](NCc1cccc(C(F)F)c1)c1ccccc1. The lowest BCUT2D eigenvalue weighted by molar-refractivity contribution is 0.151. The summed E-state index contributed by atoms with van der Waals surface area (Å²) < 4.78 is 25.2. The van der Waals surface area contributed by atoms with Gasteiger partial charge in [0.05, 0.1) is 0 Å². The van der Waals surface area contributed by atoms with Gasteiger partial charge >= 0.3 is 0 Å². The van der Waals surface area contributed by atoms with Gasteiger partial charge in [-0.05, 0) is 24.1 Å². The van der Waals surface area contributed by atoms with E-state index < -0.39 is 6.43 Å². The predicted molar refractivity (Wildman–Crippen MR) is 73.1 cm³/mol. The molecule has 0 saturated carbocycles. The highest BCUT2D eigenvalue weighted by atomic mass is 19.3. The first-order chi connectivity index (χ1) is 9.16. The maximum Gasteiger partial charge on any atom is 0.263 e. The highest BCUT2D eigenvalue weighted by molar-refractivity contribution is 5.25. The molecule has 0 aliphatic heterocycles. The molecule has 0 unspecified atom stereocenters. The van der Waals surface area contributed by atoms with Crippen LogP contribution < -0.4 is 5.32 Å². The van der Waals surface area contributed by atoms with Crippen LogP contribution in [0.1, 0.15) is 36.1 Å². The third kappa shape index (κ3) is 3.86. The Kier molecular flexibility index (Phi) is 4.63. The van der Waals surface area contributed by atoms with Crippen molar-refractivity contribution in [3.8, 4) is 0 Å². The van der Waals surface area contributed by atoms with Gasteiger partial charge in [0.25, 0.3) is 6.43 Å². The Labute approximate surface area is 112 Å². The van der Waals surface area contributed by atoms with Gasteiger partial charge in [0.2, 0.25) is 0 Å². The molecule has 0 aliphatic carbocycles. The van der Waals surface area contributed by atoms with Gasteiger partial charge in [0, 0.05) is 18.2 Å². The first-order valence-electron chi connectivity index (χ1n) is 6.32. The van der Waals surface area contributed by atoms with E-state index in [0.29, 0.717) is 6.54 Å². The second kappa shape index (κ2) is 6.43. The van der Waals surface area contributed by atoms with Gasteiger partial charge < -0.3 is 5.32 Å². The minimum absolute atomic E-state index is 0.0756. The van der Waals surface area contributed by atoms with Crippen molar-refractivity contribution in [1.29, 1.82) is 0 Å². The van der Waals surface area contributed by atoms with Crippen LogP contribution in [0, 0.1) is 0 Å². The monoisotopic (exact) mass is 261 g/mol. The van der Waals surface area contributed by atoms with E-state index in [-0.39, 0.29) is 11.6 Å². The second-order valence-electron chi connectivity index (χ2n) is 4.56. The largest absolute Gasteiger partial charge is 0.306 e. The zero-order valence-corrected chi connectivity index (χ0v) is 10.8. The molecule has 100 valence electrons. The van der Waals surface area contributed by atoms with E-state index in [1.54, 1.807) is 12.1 Å². The van der Waals surface area contributed by atoms with Gasteiger partial charge in [-0.3, -0.25) is 0 Å². The Hall–Kier alpha value is -1.74. The minimum Gasteiger partial charge on any atom is -0.306 e. The van der Waals surface area contributed by atoms with Crippen molar-refractivity contribution in [2.75, 3.05) is 0 Å². The molecule has 0 spiro atoms. The molecule has 2 aromatic carbocycles. The van der Waals surface area contributed by atoms with Crippen LogP contribution in [0.4, 0.5) is 8.78 Å². The van der Waals surface area contributed by atoms with E-state index in [9.17, 15) is 8.78 Å². The van der Waals surface area contributed by atoms with Crippen LogP contribution in [0.2, 0.25) is 0 Å². The van der Waals surface area contributed by atoms with Crippen molar-refractivity contribution >= 4 is 0 Å². The second-order valence-corrected chi connectivity index (χ2v) is 4.56. The third-order valence-electron chi connectivity index (χ3n) is 3.11. The average Bonchev–Trinajstić information content (AvgIpc) is 2.46. The number of halogens is 2. The van der Waals surface area contributed by atoms with E-state index in [0.717, 1.165) is 5.56 Å². The van der Waals surface area contributed by atoms with Gasteiger partial charge in [-0.15, -0.1) is 0 Å². The van der Waals surface area contributed by atoms with Crippen molar-refractivity contribution in [2.45, 2.75) is 25.9 Å². The molecule has 1 nitrogen and oxygen atoms in total. The summed E-state index contributed by atoms with van der Waals surface area (Å²) in [7, 11) is 0. The summed E-state index contributed by atoms with van der Waals surface area (Å²) in [4.78, 5) is 0. The number of hydrogen-bond donors (Lipinski definition) is 1. The van der Waals surface area contributed by atoms with Crippen LogP contribution in [0.25, 0.3) is 0 Å². The molecule has 1 atom stereocenters. The van der Waals surface area contributed by atoms with Gasteiger partial charge in [0.1, 0.15) is 0 Å². The van der Waals surface area contributed by atoms with Crippen LogP contribution >= 0.6 is 0 Å². The third-order valence-corrected chi connectivity index (χ3v) is 3.11. The highest BCUT2D eigenvalue weighted by Gasteiger charge is 2.08. The molecular formula is C16H17F2N. The summed E-state index contributed by atoms with van der Waals surface area (Å²) >= 11 is 0. The van der Waals surface area contributed by atoms with Gasteiger partial charge in [-0.2, -0.15) is 0 Å².